The van der Waals surface area contributed by atoms with Crippen LogP contribution < -0.4 is 4.74 Å². The van der Waals surface area contributed by atoms with Gasteiger partial charge in [-0.05, 0) is 93.6 Å². The SMILES string of the molecule is CN1C[CH+]C=C(C(=O)Oc2ccc3c(c2)CC[C@@H]2[C@@H]3CC[C@]3(C)[C@@H](OC(=O)C4=C[CH+]CN(C)C4)CC[C@@H]23)C1. The summed E-state index contributed by atoms with van der Waals surface area (Å²) in [5, 5.41) is 0. The summed E-state index contributed by atoms with van der Waals surface area (Å²) in [5.41, 5.74) is 4.27. The van der Waals surface area contributed by atoms with Gasteiger partial charge in [-0.1, -0.05) is 13.0 Å². The molecule has 200 valence electrons. The second-order valence-corrected chi connectivity index (χ2v) is 12.4. The van der Waals surface area contributed by atoms with Crippen LogP contribution in [0.4, 0.5) is 0 Å². The van der Waals surface area contributed by atoms with Gasteiger partial charge in [0.05, 0.1) is 25.9 Å². The average molecular weight is 517 g/mol. The number of benzene rings is 1. The molecule has 2 saturated carbocycles. The fourth-order valence-electron chi connectivity index (χ4n) is 7.98. The van der Waals surface area contributed by atoms with Crippen LogP contribution >= 0.6 is 0 Å². The molecule has 0 spiro atoms. The number of rotatable bonds is 4. The summed E-state index contributed by atoms with van der Waals surface area (Å²) in [6.45, 7) is 5.39. The van der Waals surface area contributed by atoms with Gasteiger partial charge in [0.15, 0.2) is 11.1 Å². The molecule has 6 rings (SSSR count). The van der Waals surface area contributed by atoms with E-state index < -0.39 is 0 Å². The molecule has 2 aliphatic heterocycles. The van der Waals surface area contributed by atoms with E-state index >= 15 is 0 Å². The third-order valence-corrected chi connectivity index (χ3v) is 9.95. The Kier molecular flexibility index (Phi) is 6.81. The molecular formula is C32H40N2O4+2. The molecule has 5 aliphatic rings. The first-order chi connectivity index (χ1) is 18.3. The lowest BCUT2D eigenvalue weighted by atomic mass is 9.55. The predicted molar refractivity (Wildman–Crippen MR) is 146 cm³/mol. The molecule has 1 aromatic rings. The number of fused-ring (bicyclic) bond motifs is 5. The molecule has 3 aliphatic carbocycles. The van der Waals surface area contributed by atoms with Crippen LogP contribution in [0, 0.1) is 30.1 Å². The number of hydrogen-bond acceptors (Lipinski definition) is 6. The highest BCUT2D eigenvalue weighted by Gasteiger charge is 2.56. The minimum Gasteiger partial charge on any atom is -0.443 e. The first kappa shape index (κ1) is 25.6. The summed E-state index contributed by atoms with van der Waals surface area (Å²) in [4.78, 5) is 30.0. The predicted octanol–water partition coefficient (Wildman–Crippen LogP) is 4.51. The maximum absolute atomic E-state index is 13.0. The van der Waals surface area contributed by atoms with Crippen molar-refractivity contribution in [3.05, 3.63) is 65.5 Å². The molecule has 6 nitrogen and oxygen atoms in total. The average Bonchev–Trinajstić information content (AvgIpc) is 3.24. The number of nitrogens with zero attached hydrogens (tertiary/aromatic N) is 2. The van der Waals surface area contributed by atoms with Crippen LogP contribution in [0.1, 0.15) is 56.1 Å². The third-order valence-electron chi connectivity index (χ3n) is 9.95. The number of aryl methyl sites for hydroxylation is 1. The number of carbonyl (C=O) groups is 2. The van der Waals surface area contributed by atoms with Crippen LogP contribution in [-0.4, -0.2) is 68.1 Å². The van der Waals surface area contributed by atoms with Crippen molar-refractivity contribution in [3.63, 3.8) is 0 Å². The molecule has 2 fully saturated rings. The van der Waals surface area contributed by atoms with Gasteiger partial charge in [-0.2, -0.15) is 0 Å². The fraction of sp³-hybridized carbons (Fsp3) is 0.562. The molecule has 0 unspecified atom stereocenters. The fourth-order valence-corrected chi connectivity index (χ4v) is 7.98. The third kappa shape index (κ3) is 4.66. The molecule has 5 atom stereocenters. The minimum atomic E-state index is -0.255. The van der Waals surface area contributed by atoms with E-state index in [4.69, 9.17) is 9.47 Å². The minimum absolute atomic E-state index is 0.00245. The normalized spacial score (nSPS) is 32.9. The molecule has 0 aromatic heterocycles. The summed E-state index contributed by atoms with van der Waals surface area (Å²) >= 11 is 0. The molecule has 2 heterocycles. The smallest absolute Gasteiger partial charge is 0.425 e. The topological polar surface area (TPSA) is 59.1 Å². The van der Waals surface area contributed by atoms with Crippen LogP contribution in [-0.2, 0) is 20.7 Å². The van der Waals surface area contributed by atoms with Crippen molar-refractivity contribution in [1.82, 2.24) is 9.80 Å². The maximum atomic E-state index is 13.0. The molecule has 0 N–H and O–H groups in total. The second-order valence-electron chi connectivity index (χ2n) is 12.4. The van der Waals surface area contributed by atoms with Gasteiger partial charge in [0.25, 0.3) is 0 Å². The van der Waals surface area contributed by atoms with E-state index in [1.165, 1.54) is 11.1 Å². The number of carbonyl (C=O) groups excluding carboxylic acids is 2. The lowest BCUT2D eigenvalue weighted by molar-refractivity contribution is -0.153. The van der Waals surface area contributed by atoms with E-state index in [0.29, 0.717) is 42.2 Å². The van der Waals surface area contributed by atoms with E-state index in [1.54, 1.807) is 0 Å². The van der Waals surface area contributed by atoms with Crippen molar-refractivity contribution in [2.75, 3.05) is 40.3 Å². The van der Waals surface area contributed by atoms with E-state index in [-0.39, 0.29) is 23.5 Å². The van der Waals surface area contributed by atoms with Gasteiger partial charge in [-0.15, -0.1) is 0 Å². The van der Waals surface area contributed by atoms with E-state index in [9.17, 15) is 9.59 Å². The summed E-state index contributed by atoms with van der Waals surface area (Å²) in [6.07, 6.45) is 14.3. The molecular weight excluding hydrogens is 476 g/mol. The van der Waals surface area contributed by atoms with Gasteiger partial charge in [0.1, 0.15) is 37.1 Å². The van der Waals surface area contributed by atoms with Crippen molar-refractivity contribution in [2.24, 2.45) is 17.3 Å². The second kappa shape index (κ2) is 10.1. The summed E-state index contributed by atoms with van der Waals surface area (Å²) in [7, 11) is 4.04. The summed E-state index contributed by atoms with van der Waals surface area (Å²) < 4.78 is 12.0. The number of likely N-dealkylation sites (N-methyl/N-ethyl adjacent to an activating group) is 2. The van der Waals surface area contributed by atoms with E-state index in [2.05, 4.69) is 28.9 Å². The number of hydrogen-bond donors (Lipinski definition) is 0. The lowest BCUT2D eigenvalue weighted by Crippen LogP contribution is -2.45. The van der Waals surface area contributed by atoms with Gasteiger partial charge >= 0.3 is 11.9 Å². The number of esters is 2. The first-order valence-corrected chi connectivity index (χ1v) is 14.3. The number of ether oxygens (including phenoxy) is 2. The lowest BCUT2D eigenvalue weighted by Gasteiger charge is -2.50. The summed E-state index contributed by atoms with van der Waals surface area (Å²) in [5.74, 6) is 1.98. The Morgan fingerprint density at radius 2 is 1.66 bits per heavy atom. The molecule has 6 heteroatoms. The van der Waals surface area contributed by atoms with Crippen molar-refractivity contribution in [2.45, 2.75) is 57.5 Å². The highest BCUT2D eigenvalue weighted by molar-refractivity contribution is 5.91. The van der Waals surface area contributed by atoms with E-state index in [1.807, 2.05) is 45.2 Å². The quantitative estimate of drug-likeness (QED) is 0.333. The van der Waals surface area contributed by atoms with Crippen molar-refractivity contribution in [1.29, 1.82) is 0 Å². The molecule has 0 bridgehead atoms. The van der Waals surface area contributed by atoms with Crippen molar-refractivity contribution < 1.29 is 19.1 Å². The Morgan fingerprint density at radius 1 is 0.947 bits per heavy atom. The van der Waals surface area contributed by atoms with Crippen LogP contribution in [0.25, 0.3) is 0 Å². The Hall–Kier alpha value is -2.70. The largest absolute Gasteiger partial charge is 0.443 e. The molecule has 1 aromatic carbocycles. The molecule has 38 heavy (non-hydrogen) atoms. The zero-order valence-electron chi connectivity index (χ0n) is 22.9. The zero-order chi connectivity index (χ0) is 26.4. The van der Waals surface area contributed by atoms with Gasteiger partial charge < -0.3 is 9.47 Å². The highest BCUT2D eigenvalue weighted by Crippen LogP contribution is 2.61. The van der Waals surface area contributed by atoms with Crippen molar-refractivity contribution in [3.8, 4) is 5.75 Å². The molecule has 0 amide bonds. The molecule has 0 saturated heterocycles. The van der Waals surface area contributed by atoms with Crippen LogP contribution in [0.5, 0.6) is 5.75 Å². The Labute approximate surface area is 227 Å². The highest BCUT2D eigenvalue weighted by atomic mass is 16.5. The Bertz CT molecular complexity index is 1170. The maximum Gasteiger partial charge on any atom is 0.425 e. The van der Waals surface area contributed by atoms with Crippen LogP contribution in [0.15, 0.2) is 41.5 Å². The molecule has 0 radical (unpaired) electrons. The monoisotopic (exact) mass is 516 g/mol. The van der Waals surface area contributed by atoms with Gasteiger partial charge in [0.2, 0.25) is 0 Å². The van der Waals surface area contributed by atoms with Gasteiger partial charge in [-0.3, -0.25) is 9.80 Å². The Balaban J connectivity index is 1.13. The van der Waals surface area contributed by atoms with Gasteiger partial charge in [-0.25, -0.2) is 9.59 Å². The van der Waals surface area contributed by atoms with Gasteiger partial charge in [0, 0.05) is 5.41 Å². The van der Waals surface area contributed by atoms with E-state index in [0.717, 1.165) is 57.2 Å². The standard InChI is InChI=1S/C32H40N2O4/c1-32-15-14-26-25-11-9-24(37-30(35)22-6-4-16-33(2)19-22)18-21(25)8-10-27(26)28(32)12-13-29(32)38-31(36)23-7-5-17-34(3)20-23/h4-7,9,11,18,26-29H,8,10,12-17,19-20H2,1-3H3/q+2/t26-,27-,28+,29+,32+/m1/s1. The Morgan fingerprint density at radius 3 is 2.37 bits per heavy atom. The van der Waals surface area contributed by atoms with Crippen molar-refractivity contribution >= 4 is 11.9 Å². The van der Waals surface area contributed by atoms with Crippen LogP contribution in [0.2, 0.25) is 0 Å². The first-order valence-electron chi connectivity index (χ1n) is 14.3. The van der Waals surface area contributed by atoms with Crippen LogP contribution in [0.3, 0.4) is 0 Å². The zero-order valence-corrected chi connectivity index (χ0v) is 22.9. The summed E-state index contributed by atoms with van der Waals surface area (Å²) in [6, 6.07) is 6.29.